The molecule has 0 saturated carbocycles. The standard InChI is InChI=1S/C15H19N3OS.ClH/c1-15(2,3)10-4-6-11(7-5-10)17-14(19)12-9-20-13(8-16)18-12;/h4-7,9H,8,16H2,1-3H3,(H,17,19);1H. The van der Waals surface area contributed by atoms with E-state index >= 15 is 0 Å². The van der Waals surface area contributed by atoms with Crippen molar-refractivity contribution in [3.8, 4) is 0 Å². The average Bonchev–Trinajstić information content (AvgIpc) is 2.87. The predicted octanol–water partition coefficient (Wildman–Crippen LogP) is 3.57. The Kier molecular flexibility index (Phi) is 5.89. The molecule has 0 radical (unpaired) electrons. The highest BCUT2D eigenvalue weighted by atomic mass is 35.5. The van der Waals surface area contributed by atoms with Crippen LogP contribution in [0.15, 0.2) is 29.6 Å². The minimum absolute atomic E-state index is 0. The molecule has 1 heterocycles. The van der Waals surface area contributed by atoms with Crippen LogP contribution in [0.3, 0.4) is 0 Å². The highest BCUT2D eigenvalue weighted by Gasteiger charge is 2.14. The maximum Gasteiger partial charge on any atom is 0.275 e. The number of anilines is 1. The van der Waals surface area contributed by atoms with Gasteiger partial charge in [0.1, 0.15) is 10.7 Å². The van der Waals surface area contributed by atoms with Crippen molar-refractivity contribution >= 4 is 35.3 Å². The quantitative estimate of drug-likeness (QED) is 0.906. The van der Waals surface area contributed by atoms with Crippen molar-refractivity contribution in [2.45, 2.75) is 32.7 Å². The van der Waals surface area contributed by atoms with Crippen molar-refractivity contribution in [1.29, 1.82) is 0 Å². The molecule has 114 valence electrons. The summed E-state index contributed by atoms with van der Waals surface area (Å²) >= 11 is 1.40. The number of rotatable bonds is 3. The second kappa shape index (κ2) is 7.02. The summed E-state index contributed by atoms with van der Waals surface area (Å²) in [5.74, 6) is -0.204. The second-order valence-electron chi connectivity index (χ2n) is 5.61. The monoisotopic (exact) mass is 325 g/mol. The number of carbonyl (C=O) groups excluding carboxylic acids is 1. The van der Waals surface area contributed by atoms with Gasteiger partial charge >= 0.3 is 0 Å². The van der Waals surface area contributed by atoms with Gasteiger partial charge in [0.25, 0.3) is 5.91 Å². The molecule has 0 aliphatic carbocycles. The summed E-state index contributed by atoms with van der Waals surface area (Å²) in [5, 5.41) is 5.32. The summed E-state index contributed by atoms with van der Waals surface area (Å²) in [6.45, 7) is 6.83. The molecule has 2 rings (SSSR count). The molecular weight excluding hydrogens is 306 g/mol. The Hall–Kier alpha value is -1.43. The number of nitrogens with one attached hydrogen (secondary N) is 1. The Balaban J connectivity index is 0.00000220. The Morgan fingerprint density at radius 3 is 2.38 bits per heavy atom. The molecule has 1 amide bonds. The van der Waals surface area contributed by atoms with Crippen LogP contribution in [0, 0.1) is 0 Å². The number of halogens is 1. The van der Waals surface area contributed by atoms with Gasteiger partial charge in [0.2, 0.25) is 0 Å². The zero-order valence-electron chi connectivity index (χ0n) is 12.3. The van der Waals surface area contributed by atoms with Crippen molar-refractivity contribution < 1.29 is 4.79 Å². The lowest BCUT2D eigenvalue weighted by Crippen LogP contribution is -2.14. The number of thiazole rings is 1. The number of nitrogens with two attached hydrogens (primary N) is 1. The zero-order chi connectivity index (χ0) is 14.8. The van der Waals surface area contributed by atoms with Crippen LogP contribution < -0.4 is 11.1 Å². The van der Waals surface area contributed by atoms with E-state index in [0.29, 0.717) is 12.2 Å². The molecule has 2 aromatic rings. The van der Waals surface area contributed by atoms with Crippen molar-refractivity contribution in [3.05, 3.63) is 45.9 Å². The molecule has 4 nitrogen and oxygen atoms in total. The van der Waals surface area contributed by atoms with Crippen LogP contribution in [0.5, 0.6) is 0 Å². The van der Waals surface area contributed by atoms with E-state index in [4.69, 9.17) is 5.73 Å². The van der Waals surface area contributed by atoms with Crippen LogP contribution in [0.1, 0.15) is 41.8 Å². The topological polar surface area (TPSA) is 68.0 Å². The van der Waals surface area contributed by atoms with Crippen LogP contribution in [0.2, 0.25) is 0 Å². The van der Waals surface area contributed by atoms with E-state index in [1.165, 1.54) is 16.9 Å². The number of carbonyl (C=O) groups is 1. The van der Waals surface area contributed by atoms with Crippen molar-refractivity contribution in [3.63, 3.8) is 0 Å². The Labute approximate surface area is 135 Å². The van der Waals surface area contributed by atoms with Gasteiger partial charge in [-0.25, -0.2) is 4.98 Å². The molecule has 0 spiro atoms. The molecule has 1 aromatic carbocycles. The number of nitrogens with zero attached hydrogens (tertiary/aromatic N) is 1. The van der Waals surface area contributed by atoms with Crippen LogP contribution in [-0.2, 0) is 12.0 Å². The summed E-state index contributed by atoms with van der Waals surface area (Å²) in [5.41, 5.74) is 8.01. The summed E-state index contributed by atoms with van der Waals surface area (Å²) in [6, 6.07) is 7.88. The zero-order valence-corrected chi connectivity index (χ0v) is 14.0. The Morgan fingerprint density at radius 1 is 1.29 bits per heavy atom. The third-order valence-corrected chi connectivity index (χ3v) is 3.84. The third-order valence-electron chi connectivity index (χ3n) is 2.97. The third kappa shape index (κ3) is 4.52. The highest BCUT2D eigenvalue weighted by molar-refractivity contribution is 7.09. The van der Waals surface area contributed by atoms with Gasteiger partial charge in [-0.1, -0.05) is 32.9 Å². The maximum atomic E-state index is 12.0. The first-order valence-electron chi connectivity index (χ1n) is 6.46. The van der Waals surface area contributed by atoms with E-state index in [0.717, 1.165) is 10.7 Å². The van der Waals surface area contributed by atoms with Gasteiger partial charge in [-0.05, 0) is 23.1 Å². The van der Waals surface area contributed by atoms with Crippen LogP contribution in [0.4, 0.5) is 5.69 Å². The summed E-state index contributed by atoms with van der Waals surface area (Å²) in [6.07, 6.45) is 0. The van der Waals surface area contributed by atoms with E-state index in [9.17, 15) is 4.79 Å². The normalized spacial score (nSPS) is 10.9. The van der Waals surface area contributed by atoms with Crippen molar-refractivity contribution in [2.24, 2.45) is 5.73 Å². The first-order chi connectivity index (χ1) is 9.40. The number of aromatic nitrogens is 1. The molecule has 0 aliphatic heterocycles. The predicted molar refractivity (Wildman–Crippen MR) is 90.3 cm³/mol. The van der Waals surface area contributed by atoms with E-state index in [-0.39, 0.29) is 23.7 Å². The van der Waals surface area contributed by atoms with Crippen LogP contribution in [0.25, 0.3) is 0 Å². The maximum absolute atomic E-state index is 12.0. The molecule has 0 unspecified atom stereocenters. The summed E-state index contributed by atoms with van der Waals surface area (Å²) in [7, 11) is 0. The van der Waals surface area contributed by atoms with Gasteiger partial charge in [-0.3, -0.25) is 4.79 Å². The molecule has 0 bridgehead atoms. The lowest BCUT2D eigenvalue weighted by Gasteiger charge is -2.19. The van der Waals surface area contributed by atoms with Gasteiger partial charge in [0.05, 0.1) is 0 Å². The largest absolute Gasteiger partial charge is 0.325 e. The molecule has 0 fully saturated rings. The average molecular weight is 326 g/mol. The molecule has 1 aromatic heterocycles. The Morgan fingerprint density at radius 2 is 1.90 bits per heavy atom. The molecule has 0 saturated heterocycles. The molecule has 0 atom stereocenters. The lowest BCUT2D eigenvalue weighted by atomic mass is 9.87. The molecule has 21 heavy (non-hydrogen) atoms. The number of hydrogen-bond donors (Lipinski definition) is 2. The minimum Gasteiger partial charge on any atom is -0.325 e. The van der Waals surface area contributed by atoms with Gasteiger partial charge in [0.15, 0.2) is 0 Å². The molecular formula is C15H20ClN3OS. The van der Waals surface area contributed by atoms with E-state index in [2.05, 4.69) is 31.1 Å². The van der Waals surface area contributed by atoms with E-state index < -0.39 is 0 Å². The summed E-state index contributed by atoms with van der Waals surface area (Å²) < 4.78 is 0. The number of amides is 1. The Bertz CT molecular complexity index is 602. The van der Waals surface area contributed by atoms with Crippen LogP contribution >= 0.6 is 23.7 Å². The molecule has 0 aliphatic rings. The lowest BCUT2D eigenvalue weighted by molar-refractivity contribution is 0.102. The molecule has 6 heteroatoms. The fourth-order valence-electron chi connectivity index (χ4n) is 1.76. The van der Waals surface area contributed by atoms with Crippen molar-refractivity contribution in [2.75, 3.05) is 5.32 Å². The van der Waals surface area contributed by atoms with E-state index in [1.54, 1.807) is 5.38 Å². The van der Waals surface area contributed by atoms with Crippen molar-refractivity contribution in [1.82, 2.24) is 4.98 Å². The highest BCUT2D eigenvalue weighted by Crippen LogP contribution is 2.23. The minimum atomic E-state index is -0.204. The fraction of sp³-hybridized carbons (Fsp3) is 0.333. The van der Waals surface area contributed by atoms with Gasteiger partial charge in [-0.2, -0.15) is 0 Å². The smallest absolute Gasteiger partial charge is 0.275 e. The van der Waals surface area contributed by atoms with Gasteiger partial charge in [0, 0.05) is 17.6 Å². The van der Waals surface area contributed by atoms with Gasteiger partial charge in [-0.15, -0.1) is 23.7 Å². The van der Waals surface area contributed by atoms with Gasteiger partial charge < -0.3 is 11.1 Å². The molecule has 3 N–H and O–H groups in total. The fourth-order valence-corrected chi connectivity index (χ4v) is 2.41. The second-order valence-corrected chi connectivity index (χ2v) is 6.55. The number of hydrogen-bond acceptors (Lipinski definition) is 4. The summed E-state index contributed by atoms with van der Waals surface area (Å²) in [4.78, 5) is 16.2. The van der Waals surface area contributed by atoms with Crippen LogP contribution in [-0.4, -0.2) is 10.9 Å². The SMILES string of the molecule is CC(C)(C)c1ccc(NC(=O)c2csc(CN)n2)cc1.Cl. The first kappa shape index (κ1) is 17.6. The first-order valence-corrected chi connectivity index (χ1v) is 7.34. The number of benzene rings is 1. The van der Waals surface area contributed by atoms with E-state index in [1.807, 2.05) is 24.3 Å².